The molecule has 278 valence electrons. The van der Waals surface area contributed by atoms with E-state index in [0.29, 0.717) is 51.5 Å². The summed E-state index contributed by atoms with van der Waals surface area (Å²) in [7, 11) is 6.32. The van der Waals surface area contributed by atoms with Crippen LogP contribution in [0, 0.1) is 10.8 Å². The SMILES string of the molecule is COc1cc(OC)cc(N2CC(O)=C(c3nc4c([nH]3)CCCC4)C2=N)c1.COc1cc(OC)cc(N2CC(O)=C(c3ncc(-c4ccccc4)[nH]3)C2=N)c1. The van der Waals surface area contributed by atoms with Crippen LogP contribution >= 0.6 is 0 Å². The maximum Gasteiger partial charge on any atom is 0.145 e. The number of methoxy groups -OCH3 is 4. The summed E-state index contributed by atoms with van der Waals surface area (Å²) >= 11 is 0. The van der Waals surface area contributed by atoms with Crippen LogP contribution < -0.4 is 28.7 Å². The summed E-state index contributed by atoms with van der Waals surface area (Å²) in [6, 6.07) is 20.6. The smallest absolute Gasteiger partial charge is 0.145 e. The molecular formula is C40H42N8O6. The van der Waals surface area contributed by atoms with Crippen LogP contribution in [-0.4, -0.2) is 83.3 Å². The molecule has 0 bridgehead atoms. The highest BCUT2D eigenvalue weighted by atomic mass is 16.5. The van der Waals surface area contributed by atoms with Gasteiger partial charge in [-0.2, -0.15) is 0 Å². The van der Waals surface area contributed by atoms with Crippen molar-refractivity contribution in [2.45, 2.75) is 25.7 Å². The van der Waals surface area contributed by atoms with E-state index in [2.05, 4.69) is 19.9 Å². The van der Waals surface area contributed by atoms with Gasteiger partial charge >= 0.3 is 0 Å². The molecule has 0 radical (unpaired) electrons. The van der Waals surface area contributed by atoms with E-state index in [-0.39, 0.29) is 36.3 Å². The first-order valence-electron chi connectivity index (χ1n) is 17.4. The van der Waals surface area contributed by atoms with Crippen LogP contribution in [0.1, 0.15) is 35.9 Å². The standard InChI is InChI=1S/C21H20N4O3.C19H22N4O3/c1-27-15-8-14(9-16(10-15)28-2)25-12-18(26)19(20(25)22)21-23-11-17(24-21)13-6-4-3-5-7-13;1-25-12-7-11(8-13(9-12)26-2)23-10-16(24)17(18(23)20)19-21-14-5-3-4-6-15(14)22-19/h3-11,22,26H,12H2,1-2H3,(H,23,24);7-9,20,24H,3-6,10H2,1-2H3,(H,21,22). The van der Waals surface area contributed by atoms with Crippen LogP contribution in [0.15, 0.2) is 84.4 Å². The Balaban J connectivity index is 0.000000167. The van der Waals surface area contributed by atoms with Gasteiger partial charge in [0.25, 0.3) is 0 Å². The van der Waals surface area contributed by atoms with Gasteiger partial charge in [0.2, 0.25) is 0 Å². The van der Waals surface area contributed by atoms with Gasteiger partial charge in [-0.05, 0) is 31.2 Å². The van der Waals surface area contributed by atoms with Gasteiger partial charge in [-0.25, -0.2) is 9.97 Å². The first-order valence-corrected chi connectivity index (χ1v) is 17.4. The molecule has 0 fully saturated rings. The number of hydrogen-bond acceptors (Lipinski definition) is 10. The first-order chi connectivity index (χ1) is 26.2. The van der Waals surface area contributed by atoms with Crippen LogP contribution in [-0.2, 0) is 12.8 Å². The number of aliphatic hydroxyl groups excluding tert-OH is 2. The molecule has 3 aromatic carbocycles. The molecule has 2 aromatic heterocycles. The summed E-state index contributed by atoms with van der Waals surface area (Å²) in [5.41, 5.74) is 6.25. The lowest BCUT2D eigenvalue weighted by molar-refractivity contribution is 0.394. The van der Waals surface area contributed by atoms with Crippen molar-refractivity contribution in [1.29, 1.82) is 10.8 Å². The van der Waals surface area contributed by atoms with Crippen molar-refractivity contribution in [3.05, 3.63) is 107 Å². The number of aromatic amines is 2. The van der Waals surface area contributed by atoms with Crippen molar-refractivity contribution in [3.63, 3.8) is 0 Å². The molecule has 6 N–H and O–H groups in total. The number of hydrogen-bond donors (Lipinski definition) is 6. The Morgan fingerprint density at radius 2 is 1.15 bits per heavy atom. The van der Waals surface area contributed by atoms with Crippen molar-refractivity contribution in [3.8, 4) is 34.3 Å². The molecule has 0 amide bonds. The van der Waals surface area contributed by atoms with Gasteiger partial charge in [-0.1, -0.05) is 30.3 Å². The fraction of sp³-hybridized carbons (Fsp3) is 0.250. The molecule has 14 heteroatoms. The highest BCUT2D eigenvalue weighted by molar-refractivity contribution is 6.31. The van der Waals surface area contributed by atoms with Crippen molar-refractivity contribution in [1.82, 2.24) is 19.9 Å². The van der Waals surface area contributed by atoms with E-state index in [1.54, 1.807) is 68.7 Å². The third kappa shape index (κ3) is 6.93. The number of aliphatic hydroxyl groups is 2. The summed E-state index contributed by atoms with van der Waals surface area (Å²) in [6.07, 6.45) is 5.91. The third-order valence-corrected chi connectivity index (χ3v) is 9.59. The number of fused-ring (bicyclic) bond motifs is 1. The van der Waals surface area contributed by atoms with E-state index in [0.717, 1.165) is 54.0 Å². The molecule has 0 saturated carbocycles. The van der Waals surface area contributed by atoms with Crippen LogP contribution in [0.4, 0.5) is 11.4 Å². The van der Waals surface area contributed by atoms with E-state index >= 15 is 0 Å². The monoisotopic (exact) mass is 730 g/mol. The predicted molar refractivity (Wildman–Crippen MR) is 208 cm³/mol. The lowest BCUT2D eigenvalue weighted by Gasteiger charge is -2.20. The zero-order chi connectivity index (χ0) is 37.9. The minimum atomic E-state index is 0.0840. The Hall–Kier alpha value is -6.70. The molecular weight excluding hydrogens is 688 g/mol. The van der Waals surface area contributed by atoms with Crippen molar-refractivity contribution >= 4 is 34.2 Å². The lowest BCUT2D eigenvalue weighted by Crippen LogP contribution is -2.26. The van der Waals surface area contributed by atoms with Crippen molar-refractivity contribution < 1.29 is 29.2 Å². The number of amidine groups is 2. The summed E-state index contributed by atoms with van der Waals surface area (Å²) in [4.78, 5) is 18.9. The van der Waals surface area contributed by atoms with E-state index < -0.39 is 0 Å². The lowest BCUT2D eigenvalue weighted by atomic mass is 10.0. The highest BCUT2D eigenvalue weighted by Crippen LogP contribution is 2.37. The topological polar surface area (TPSA) is 189 Å². The first kappa shape index (κ1) is 35.7. The molecule has 3 aliphatic rings. The number of rotatable bonds is 9. The molecule has 0 atom stereocenters. The predicted octanol–water partition coefficient (Wildman–Crippen LogP) is 6.93. The molecule has 0 unspecified atom stereocenters. The molecule has 4 heterocycles. The second kappa shape index (κ2) is 15.1. The molecule has 5 aromatic rings. The van der Waals surface area contributed by atoms with Crippen LogP contribution in [0.2, 0.25) is 0 Å². The summed E-state index contributed by atoms with van der Waals surface area (Å²) in [6.45, 7) is 0.391. The van der Waals surface area contributed by atoms with Gasteiger partial charge in [0.15, 0.2) is 0 Å². The zero-order valence-corrected chi connectivity index (χ0v) is 30.5. The van der Waals surface area contributed by atoms with E-state index in [1.165, 1.54) is 0 Å². The third-order valence-electron chi connectivity index (χ3n) is 9.59. The second-order valence-corrected chi connectivity index (χ2v) is 12.9. The molecule has 0 saturated heterocycles. The average Bonchev–Trinajstić information content (AvgIpc) is 3.99. The van der Waals surface area contributed by atoms with Crippen LogP contribution in [0.25, 0.3) is 22.4 Å². The Morgan fingerprint density at radius 1 is 0.648 bits per heavy atom. The number of imidazole rings is 2. The minimum Gasteiger partial charge on any atom is -0.509 e. The van der Waals surface area contributed by atoms with E-state index in [4.69, 9.17) is 29.8 Å². The number of aromatic nitrogens is 4. The fourth-order valence-electron chi connectivity index (χ4n) is 6.78. The van der Waals surface area contributed by atoms with Crippen LogP contribution in [0.3, 0.4) is 0 Å². The van der Waals surface area contributed by atoms with Gasteiger partial charge < -0.3 is 48.9 Å². The van der Waals surface area contributed by atoms with Gasteiger partial charge in [0, 0.05) is 42.1 Å². The quantitative estimate of drug-likeness (QED) is 0.0928. The summed E-state index contributed by atoms with van der Waals surface area (Å²) < 4.78 is 21.2. The number of nitrogens with zero attached hydrogens (tertiary/aromatic N) is 4. The molecule has 2 aliphatic heterocycles. The average molecular weight is 731 g/mol. The van der Waals surface area contributed by atoms with E-state index in [9.17, 15) is 10.2 Å². The van der Waals surface area contributed by atoms with Crippen molar-refractivity contribution in [2.24, 2.45) is 0 Å². The number of benzene rings is 3. The summed E-state index contributed by atoms with van der Waals surface area (Å²) in [5, 5.41) is 38.3. The van der Waals surface area contributed by atoms with Gasteiger partial charge in [0.05, 0.1) is 81.6 Å². The Kier molecular flexibility index (Phi) is 9.99. The zero-order valence-electron chi connectivity index (χ0n) is 30.5. The highest BCUT2D eigenvalue weighted by Gasteiger charge is 2.33. The van der Waals surface area contributed by atoms with Gasteiger partial charge in [0.1, 0.15) is 57.8 Å². The van der Waals surface area contributed by atoms with E-state index in [1.807, 2.05) is 42.5 Å². The molecule has 54 heavy (non-hydrogen) atoms. The molecule has 14 nitrogen and oxygen atoms in total. The molecule has 1 aliphatic carbocycles. The number of ether oxygens (including phenoxy) is 4. The fourth-order valence-corrected chi connectivity index (χ4v) is 6.78. The Morgan fingerprint density at radius 3 is 1.65 bits per heavy atom. The van der Waals surface area contributed by atoms with Crippen molar-refractivity contribution in [2.75, 3.05) is 51.3 Å². The Labute approximate surface area is 312 Å². The normalized spacial score (nSPS) is 15.3. The largest absolute Gasteiger partial charge is 0.509 e. The van der Waals surface area contributed by atoms with Gasteiger partial charge in [-0.3, -0.25) is 10.8 Å². The second-order valence-electron chi connectivity index (χ2n) is 12.9. The number of aryl methyl sites for hydroxylation is 2. The maximum absolute atomic E-state index is 10.6. The maximum atomic E-state index is 10.6. The van der Waals surface area contributed by atoms with Gasteiger partial charge in [-0.15, -0.1) is 0 Å². The number of H-pyrrole nitrogens is 2. The van der Waals surface area contributed by atoms with Crippen LogP contribution in [0.5, 0.6) is 23.0 Å². The Bertz CT molecular complexity index is 2210. The number of anilines is 2. The molecule has 0 spiro atoms. The summed E-state index contributed by atoms with van der Waals surface area (Å²) in [5.74, 6) is 4.12. The number of nitrogens with one attached hydrogen (secondary N) is 4. The molecule has 8 rings (SSSR count). The minimum absolute atomic E-state index is 0.0840.